The van der Waals surface area contributed by atoms with Crippen LogP contribution in [0.15, 0.2) is 24.3 Å². The van der Waals surface area contributed by atoms with Gasteiger partial charge in [-0.15, -0.1) is 0 Å². The molecule has 0 aliphatic heterocycles. The third-order valence-corrected chi connectivity index (χ3v) is 1.65. The molecule has 0 amide bonds. The maximum absolute atomic E-state index is 11.9. The quantitative estimate of drug-likeness (QED) is 0.730. The molecule has 11 heavy (non-hydrogen) atoms. The minimum atomic E-state index is -1.02. The average Bonchev–Trinajstić information content (AvgIpc) is 2.05. The Hall–Kier alpha value is -0.600. The molecule has 0 saturated heterocycles. The molecule has 0 bridgehead atoms. The second-order valence-electron chi connectivity index (χ2n) is 2.22. The average molecular weight is 175 g/mol. The largest absolute Gasteiger partial charge is 0.386 e. The van der Waals surface area contributed by atoms with Crippen LogP contribution >= 0.6 is 11.6 Å². The van der Waals surface area contributed by atoms with Crippen molar-refractivity contribution in [3.05, 3.63) is 34.9 Å². The molecule has 3 heteroatoms. The Kier molecular flexibility index (Phi) is 2.85. The van der Waals surface area contributed by atoms with Crippen molar-refractivity contribution in [3.63, 3.8) is 0 Å². The molecule has 0 saturated carbocycles. The minimum Gasteiger partial charge on any atom is -0.386 e. The van der Waals surface area contributed by atoms with Crippen LogP contribution in [0, 0.1) is 0 Å². The molecule has 1 N–H and O–H groups in total. The maximum Gasteiger partial charge on any atom is 0.119 e. The van der Waals surface area contributed by atoms with E-state index in [2.05, 4.69) is 0 Å². The number of aliphatic hydroxyl groups excluding tert-OH is 1. The van der Waals surface area contributed by atoms with Gasteiger partial charge in [0.2, 0.25) is 0 Å². The van der Waals surface area contributed by atoms with Gasteiger partial charge in [0.15, 0.2) is 0 Å². The Morgan fingerprint density at radius 3 is 2.36 bits per heavy atom. The van der Waals surface area contributed by atoms with E-state index in [-0.39, 0.29) is 0 Å². The zero-order valence-corrected chi connectivity index (χ0v) is 6.55. The van der Waals surface area contributed by atoms with Gasteiger partial charge in [0, 0.05) is 5.02 Å². The Labute approximate surface area is 69.4 Å². The predicted molar refractivity (Wildman–Crippen MR) is 42.4 cm³/mol. The van der Waals surface area contributed by atoms with E-state index in [0.717, 1.165) is 0 Å². The van der Waals surface area contributed by atoms with Crippen molar-refractivity contribution in [2.75, 3.05) is 6.67 Å². The fourth-order valence-electron chi connectivity index (χ4n) is 0.774. The SMILES string of the molecule is O[C@H](CF)c1ccc(Cl)cc1. The molecule has 1 nitrogen and oxygen atoms in total. The number of rotatable bonds is 2. The lowest BCUT2D eigenvalue weighted by Crippen LogP contribution is -1.97. The Balaban J connectivity index is 2.81. The van der Waals surface area contributed by atoms with Crippen molar-refractivity contribution < 1.29 is 9.50 Å². The predicted octanol–water partition coefficient (Wildman–Crippen LogP) is 2.34. The summed E-state index contributed by atoms with van der Waals surface area (Å²) >= 11 is 5.58. The first-order chi connectivity index (χ1) is 5.24. The summed E-state index contributed by atoms with van der Waals surface area (Å²) in [6.07, 6.45) is -1.02. The van der Waals surface area contributed by atoms with Crippen LogP contribution in [-0.4, -0.2) is 11.8 Å². The summed E-state index contributed by atoms with van der Waals surface area (Å²) in [5.41, 5.74) is 0.553. The first kappa shape index (κ1) is 8.50. The monoisotopic (exact) mass is 174 g/mol. The molecule has 1 aromatic carbocycles. The van der Waals surface area contributed by atoms with Crippen LogP contribution in [0.4, 0.5) is 4.39 Å². The first-order valence-electron chi connectivity index (χ1n) is 3.23. The van der Waals surface area contributed by atoms with Crippen LogP contribution in [0.1, 0.15) is 11.7 Å². The van der Waals surface area contributed by atoms with E-state index in [9.17, 15) is 4.39 Å². The van der Waals surface area contributed by atoms with Crippen LogP contribution < -0.4 is 0 Å². The summed E-state index contributed by atoms with van der Waals surface area (Å²) in [7, 11) is 0. The minimum absolute atomic E-state index is 0.553. The molecule has 0 radical (unpaired) electrons. The molecular formula is C8H8ClFO. The molecule has 1 aromatic rings. The lowest BCUT2D eigenvalue weighted by atomic mass is 10.1. The van der Waals surface area contributed by atoms with Gasteiger partial charge in [0.05, 0.1) is 0 Å². The normalized spacial score (nSPS) is 13.0. The number of aliphatic hydroxyl groups is 1. The Morgan fingerprint density at radius 1 is 1.36 bits per heavy atom. The van der Waals surface area contributed by atoms with Crippen molar-refractivity contribution in [3.8, 4) is 0 Å². The molecular weight excluding hydrogens is 167 g/mol. The molecule has 0 aliphatic rings. The summed E-state index contributed by atoms with van der Waals surface area (Å²) in [6.45, 7) is -0.762. The highest BCUT2D eigenvalue weighted by atomic mass is 35.5. The lowest BCUT2D eigenvalue weighted by molar-refractivity contribution is 0.142. The maximum atomic E-state index is 11.9. The third-order valence-electron chi connectivity index (χ3n) is 1.40. The second-order valence-corrected chi connectivity index (χ2v) is 2.66. The van der Waals surface area contributed by atoms with E-state index < -0.39 is 12.8 Å². The van der Waals surface area contributed by atoms with Crippen LogP contribution in [0.3, 0.4) is 0 Å². The van der Waals surface area contributed by atoms with Gasteiger partial charge in [-0.05, 0) is 17.7 Å². The second kappa shape index (κ2) is 3.69. The summed E-state index contributed by atoms with van der Waals surface area (Å²) in [5, 5.41) is 9.59. The summed E-state index contributed by atoms with van der Waals surface area (Å²) in [5.74, 6) is 0. The van der Waals surface area contributed by atoms with Gasteiger partial charge in [0.1, 0.15) is 12.8 Å². The van der Waals surface area contributed by atoms with Crippen molar-refractivity contribution in [2.45, 2.75) is 6.10 Å². The van der Waals surface area contributed by atoms with E-state index in [4.69, 9.17) is 16.7 Å². The third kappa shape index (κ3) is 2.17. The van der Waals surface area contributed by atoms with E-state index in [1.807, 2.05) is 0 Å². The van der Waals surface area contributed by atoms with Crippen LogP contribution in [0.25, 0.3) is 0 Å². The smallest absolute Gasteiger partial charge is 0.119 e. The highest BCUT2D eigenvalue weighted by Gasteiger charge is 2.04. The zero-order chi connectivity index (χ0) is 8.27. The molecule has 0 aliphatic carbocycles. The van der Waals surface area contributed by atoms with Crippen LogP contribution in [0.5, 0.6) is 0 Å². The number of halogens is 2. The first-order valence-corrected chi connectivity index (χ1v) is 3.61. The fraction of sp³-hybridized carbons (Fsp3) is 0.250. The van der Waals surface area contributed by atoms with Crippen molar-refractivity contribution in [2.24, 2.45) is 0 Å². The summed E-state index contributed by atoms with van der Waals surface area (Å²) in [4.78, 5) is 0. The zero-order valence-electron chi connectivity index (χ0n) is 5.80. The summed E-state index contributed by atoms with van der Waals surface area (Å²) in [6, 6.07) is 6.45. The van der Waals surface area contributed by atoms with Gasteiger partial charge in [0.25, 0.3) is 0 Å². The number of hydrogen-bond donors (Lipinski definition) is 1. The van der Waals surface area contributed by atoms with Crippen LogP contribution in [0.2, 0.25) is 5.02 Å². The van der Waals surface area contributed by atoms with Crippen molar-refractivity contribution >= 4 is 11.6 Å². The van der Waals surface area contributed by atoms with Gasteiger partial charge in [-0.3, -0.25) is 0 Å². The van der Waals surface area contributed by atoms with Crippen LogP contribution in [-0.2, 0) is 0 Å². The molecule has 0 aromatic heterocycles. The highest BCUT2D eigenvalue weighted by molar-refractivity contribution is 6.30. The van der Waals surface area contributed by atoms with E-state index in [1.54, 1.807) is 24.3 Å². The standard InChI is InChI=1S/C8H8ClFO/c9-7-3-1-6(2-4-7)8(11)5-10/h1-4,8,11H,5H2/t8-/m1/s1. The van der Waals surface area contributed by atoms with E-state index in [0.29, 0.717) is 10.6 Å². The Morgan fingerprint density at radius 2 is 1.91 bits per heavy atom. The molecule has 0 unspecified atom stereocenters. The fourth-order valence-corrected chi connectivity index (χ4v) is 0.900. The summed E-state index contributed by atoms with van der Waals surface area (Å²) < 4.78 is 11.9. The van der Waals surface area contributed by atoms with Crippen molar-refractivity contribution in [1.82, 2.24) is 0 Å². The molecule has 60 valence electrons. The van der Waals surface area contributed by atoms with Gasteiger partial charge < -0.3 is 5.11 Å². The van der Waals surface area contributed by atoms with Gasteiger partial charge in [-0.2, -0.15) is 0 Å². The Bertz CT molecular complexity index is 222. The molecule has 0 fully saturated rings. The van der Waals surface area contributed by atoms with Gasteiger partial charge >= 0.3 is 0 Å². The number of benzene rings is 1. The topological polar surface area (TPSA) is 20.2 Å². The van der Waals surface area contributed by atoms with Gasteiger partial charge in [-0.1, -0.05) is 23.7 Å². The van der Waals surface area contributed by atoms with E-state index in [1.165, 1.54) is 0 Å². The number of hydrogen-bond acceptors (Lipinski definition) is 1. The van der Waals surface area contributed by atoms with Gasteiger partial charge in [-0.25, -0.2) is 4.39 Å². The molecule has 0 heterocycles. The lowest BCUT2D eigenvalue weighted by Gasteiger charge is -2.04. The van der Waals surface area contributed by atoms with Crippen molar-refractivity contribution in [1.29, 1.82) is 0 Å². The highest BCUT2D eigenvalue weighted by Crippen LogP contribution is 2.16. The molecule has 1 atom stereocenters. The number of alkyl halides is 1. The molecule has 0 spiro atoms. The molecule has 1 rings (SSSR count). The van der Waals surface area contributed by atoms with E-state index >= 15 is 0 Å².